The van der Waals surface area contributed by atoms with Gasteiger partial charge in [0.05, 0.1) is 0 Å². The molecule has 0 aromatic rings. The first-order chi connectivity index (χ1) is 8.29. The Morgan fingerprint density at radius 3 is 2.67 bits per heavy atom. The Morgan fingerprint density at radius 1 is 1.50 bits per heavy atom. The van der Waals surface area contributed by atoms with Crippen LogP contribution >= 0.6 is 0 Å². The van der Waals surface area contributed by atoms with E-state index in [1.807, 2.05) is 6.92 Å². The molecule has 1 aliphatic rings. The SMILES string of the molecule is CC(CC(=O)N(C)CC(F)(F)F)C1CCCNC1. The highest BCUT2D eigenvalue weighted by Gasteiger charge is 2.32. The van der Waals surface area contributed by atoms with E-state index in [1.165, 1.54) is 7.05 Å². The van der Waals surface area contributed by atoms with E-state index in [1.54, 1.807) is 0 Å². The minimum Gasteiger partial charge on any atom is -0.337 e. The van der Waals surface area contributed by atoms with Gasteiger partial charge in [-0.25, -0.2) is 0 Å². The summed E-state index contributed by atoms with van der Waals surface area (Å²) < 4.78 is 36.5. The van der Waals surface area contributed by atoms with Crippen molar-refractivity contribution in [2.24, 2.45) is 11.8 Å². The number of amides is 1. The van der Waals surface area contributed by atoms with Crippen LogP contribution in [0.25, 0.3) is 0 Å². The third-order valence-corrected chi connectivity index (χ3v) is 3.48. The maximum atomic E-state index is 12.2. The normalized spacial score (nSPS) is 22.6. The fraction of sp³-hybridized carbons (Fsp3) is 0.917. The van der Waals surface area contributed by atoms with Crippen LogP contribution < -0.4 is 5.32 Å². The van der Waals surface area contributed by atoms with Crippen molar-refractivity contribution in [3.8, 4) is 0 Å². The van der Waals surface area contributed by atoms with E-state index >= 15 is 0 Å². The van der Waals surface area contributed by atoms with Gasteiger partial charge in [0.2, 0.25) is 5.91 Å². The molecule has 1 saturated heterocycles. The topological polar surface area (TPSA) is 32.3 Å². The average molecular weight is 266 g/mol. The Morgan fingerprint density at radius 2 is 2.17 bits per heavy atom. The Balaban J connectivity index is 2.38. The number of piperidine rings is 1. The summed E-state index contributed by atoms with van der Waals surface area (Å²) in [7, 11) is 1.21. The van der Waals surface area contributed by atoms with E-state index in [4.69, 9.17) is 0 Å². The fourth-order valence-electron chi connectivity index (χ4n) is 2.32. The van der Waals surface area contributed by atoms with Gasteiger partial charge in [0.15, 0.2) is 0 Å². The van der Waals surface area contributed by atoms with Gasteiger partial charge >= 0.3 is 6.18 Å². The number of rotatable bonds is 4. The number of carbonyl (C=O) groups is 1. The lowest BCUT2D eigenvalue weighted by molar-refractivity contribution is -0.159. The van der Waals surface area contributed by atoms with E-state index < -0.39 is 18.6 Å². The standard InChI is InChI=1S/C12H21F3N2O/c1-9(10-4-3-5-16-7-10)6-11(18)17(2)8-12(13,14)15/h9-10,16H,3-8H2,1-2H3. The molecule has 0 aliphatic carbocycles. The lowest BCUT2D eigenvalue weighted by atomic mass is 9.85. The first kappa shape index (κ1) is 15.3. The van der Waals surface area contributed by atoms with Gasteiger partial charge in [0.1, 0.15) is 6.54 Å². The van der Waals surface area contributed by atoms with Crippen molar-refractivity contribution < 1.29 is 18.0 Å². The molecule has 106 valence electrons. The summed E-state index contributed by atoms with van der Waals surface area (Å²) in [6.07, 6.45) is -2.01. The van der Waals surface area contributed by atoms with Gasteiger partial charge in [-0.15, -0.1) is 0 Å². The number of alkyl halides is 3. The summed E-state index contributed by atoms with van der Waals surface area (Å²) in [6.45, 7) is 2.63. The van der Waals surface area contributed by atoms with Crippen LogP contribution in [0.4, 0.5) is 13.2 Å². The van der Waals surface area contributed by atoms with Gasteiger partial charge in [0, 0.05) is 13.5 Å². The second-order valence-corrected chi connectivity index (χ2v) is 5.15. The van der Waals surface area contributed by atoms with Crippen molar-refractivity contribution in [1.82, 2.24) is 10.2 Å². The zero-order chi connectivity index (χ0) is 13.8. The van der Waals surface area contributed by atoms with Crippen molar-refractivity contribution in [2.75, 3.05) is 26.7 Å². The quantitative estimate of drug-likeness (QED) is 0.844. The number of nitrogens with zero attached hydrogens (tertiary/aromatic N) is 1. The molecule has 2 unspecified atom stereocenters. The number of hydrogen-bond donors (Lipinski definition) is 1. The molecule has 0 saturated carbocycles. The third kappa shape index (κ3) is 5.25. The predicted molar refractivity (Wildman–Crippen MR) is 63.1 cm³/mol. The van der Waals surface area contributed by atoms with Gasteiger partial charge in [-0.2, -0.15) is 13.2 Å². The summed E-state index contributed by atoms with van der Waals surface area (Å²) in [4.78, 5) is 12.4. The Kier molecular flexibility index (Phi) is 5.44. The van der Waals surface area contributed by atoms with Crippen molar-refractivity contribution in [3.05, 3.63) is 0 Å². The van der Waals surface area contributed by atoms with Crippen molar-refractivity contribution in [3.63, 3.8) is 0 Å². The maximum Gasteiger partial charge on any atom is 0.406 e. The Hall–Kier alpha value is -0.780. The second kappa shape index (κ2) is 6.41. The van der Waals surface area contributed by atoms with Gasteiger partial charge in [-0.3, -0.25) is 4.79 Å². The zero-order valence-electron chi connectivity index (χ0n) is 10.9. The van der Waals surface area contributed by atoms with Crippen LogP contribution in [0.5, 0.6) is 0 Å². The molecule has 6 heteroatoms. The molecule has 2 atom stereocenters. The first-order valence-electron chi connectivity index (χ1n) is 6.31. The van der Waals surface area contributed by atoms with Gasteiger partial charge in [-0.05, 0) is 37.8 Å². The average Bonchev–Trinajstić information content (AvgIpc) is 2.27. The monoisotopic (exact) mass is 266 g/mol. The van der Waals surface area contributed by atoms with Gasteiger partial charge in [0.25, 0.3) is 0 Å². The number of halogens is 3. The van der Waals surface area contributed by atoms with E-state index in [2.05, 4.69) is 5.32 Å². The van der Waals surface area contributed by atoms with E-state index in [0.29, 0.717) is 5.92 Å². The Labute approximate surface area is 106 Å². The highest BCUT2D eigenvalue weighted by atomic mass is 19.4. The van der Waals surface area contributed by atoms with Crippen LogP contribution in [0.1, 0.15) is 26.2 Å². The molecule has 1 amide bonds. The van der Waals surface area contributed by atoms with Crippen LogP contribution in [0.3, 0.4) is 0 Å². The molecule has 0 bridgehead atoms. The van der Waals surface area contributed by atoms with E-state index in [0.717, 1.165) is 30.8 Å². The molecular formula is C12H21F3N2O. The molecule has 0 spiro atoms. The van der Waals surface area contributed by atoms with Gasteiger partial charge < -0.3 is 10.2 Å². The molecule has 1 rings (SSSR count). The molecule has 0 radical (unpaired) electrons. The lowest BCUT2D eigenvalue weighted by Gasteiger charge is -2.29. The van der Waals surface area contributed by atoms with Crippen molar-refractivity contribution in [1.29, 1.82) is 0 Å². The number of hydrogen-bond acceptors (Lipinski definition) is 2. The van der Waals surface area contributed by atoms with Crippen LogP contribution in [0.15, 0.2) is 0 Å². The summed E-state index contributed by atoms with van der Waals surface area (Å²) in [6, 6.07) is 0. The van der Waals surface area contributed by atoms with Crippen molar-refractivity contribution >= 4 is 5.91 Å². The Bertz CT molecular complexity index is 275. The molecular weight excluding hydrogens is 245 g/mol. The summed E-state index contributed by atoms with van der Waals surface area (Å²) in [5.74, 6) is 0.0911. The molecule has 1 N–H and O–H groups in total. The van der Waals surface area contributed by atoms with Crippen LogP contribution in [-0.2, 0) is 4.79 Å². The highest BCUT2D eigenvalue weighted by molar-refractivity contribution is 5.76. The highest BCUT2D eigenvalue weighted by Crippen LogP contribution is 2.24. The van der Waals surface area contributed by atoms with Crippen molar-refractivity contribution in [2.45, 2.75) is 32.4 Å². The molecule has 18 heavy (non-hydrogen) atoms. The minimum absolute atomic E-state index is 0.126. The summed E-state index contributed by atoms with van der Waals surface area (Å²) in [5.41, 5.74) is 0. The third-order valence-electron chi connectivity index (χ3n) is 3.48. The largest absolute Gasteiger partial charge is 0.406 e. The molecule has 0 aromatic carbocycles. The first-order valence-corrected chi connectivity index (χ1v) is 6.31. The zero-order valence-corrected chi connectivity index (χ0v) is 10.9. The predicted octanol–water partition coefficient (Wildman–Crippen LogP) is 2.03. The van der Waals surface area contributed by atoms with Gasteiger partial charge in [-0.1, -0.05) is 6.92 Å². The summed E-state index contributed by atoms with van der Waals surface area (Å²) >= 11 is 0. The van der Waals surface area contributed by atoms with Crippen LogP contribution in [-0.4, -0.2) is 43.7 Å². The molecule has 3 nitrogen and oxygen atoms in total. The number of nitrogens with one attached hydrogen (secondary N) is 1. The van der Waals surface area contributed by atoms with E-state index in [-0.39, 0.29) is 12.3 Å². The van der Waals surface area contributed by atoms with Crippen LogP contribution in [0, 0.1) is 11.8 Å². The molecule has 0 aromatic heterocycles. The number of carbonyl (C=O) groups excluding carboxylic acids is 1. The second-order valence-electron chi connectivity index (χ2n) is 5.15. The van der Waals surface area contributed by atoms with Crippen LogP contribution in [0.2, 0.25) is 0 Å². The lowest BCUT2D eigenvalue weighted by Crippen LogP contribution is -2.39. The smallest absolute Gasteiger partial charge is 0.337 e. The van der Waals surface area contributed by atoms with E-state index in [9.17, 15) is 18.0 Å². The molecule has 1 heterocycles. The molecule has 1 fully saturated rings. The fourth-order valence-corrected chi connectivity index (χ4v) is 2.32. The minimum atomic E-state index is -4.32. The summed E-state index contributed by atoms with van der Waals surface area (Å²) in [5, 5.41) is 3.25. The maximum absolute atomic E-state index is 12.2. The molecule has 1 aliphatic heterocycles.